The first-order valence-electron chi connectivity index (χ1n) is 11.0. The molecule has 0 spiro atoms. The average Bonchev–Trinajstić information content (AvgIpc) is 3.35. The number of nitrogens with two attached hydrogens (primary N) is 1. The van der Waals surface area contributed by atoms with Gasteiger partial charge in [0, 0.05) is 27.9 Å². The third-order valence-corrected chi connectivity index (χ3v) is 5.85. The first-order chi connectivity index (χ1) is 17.5. The molecule has 0 unspecified atom stereocenters. The van der Waals surface area contributed by atoms with E-state index in [0.29, 0.717) is 27.5 Å². The van der Waals surface area contributed by atoms with Crippen LogP contribution in [0.1, 0.15) is 5.56 Å². The Bertz CT molecular complexity index is 1600. The number of halogens is 1. The van der Waals surface area contributed by atoms with Crippen LogP contribution in [0, 0.1) is 11.3 Å². The maximum Gasteiger partial charge on any atom is 0.152 e. The standard InChI is InChI=1S/C28H19ClN6O/c29-19-13-11-18(12-14-19)27-24(17-35(34-27)21-9-5-2-6-10-21)22-15-25(36)28(26(31)23(22)16-30)33-32-20-7-3-1-4-8-20/h1-15,17,36H,31H2. The molecule has 174 valence electrons. The summed E-state index contributed by atoms with van der Waals surface area (Å²) in [6.45, 7) is 0. The van der Waals surface area contributed by atoms with Gasteiger partial charge in [-0.15, -0.1) is 5.11 Å². The molecule has 0 saturated heterocycles. The van der Waals surface area contributed by atoms with Crippen molar-refractivity contribution >= 4 is 28.7 Å². The molecule has 36 heavy (non-hydrogen) atoms. The molecule has 0 saturated carbocycles. The summed E-state index contributed by atoms with van der Waals surface area (Å²) in [7, 11) is 0. The minimum atomic E-state index is -0.198. The van der Waals surface area contributed by atoms with E-state index in [1.807, 2.05) is 60.7 Å². The van der Waals surface area contributed by atoms with Gasteiger partial charge in [-0.1, -0.05) is 60.1 Å². The highest BCUT2D eigenvalue weighted by molar-refractivity contribution is 6.30. The number of nitrogen functional groups attached to an aromatic ring is 1. The van der Waals surface area contributed by atoms with Crippen LogP contribution >= 0.6 is 11.6 Å². The zero-order valence-corrected chi connectivity index (χ0v) is 19.6. The zero-order valence-electron chi connectivity index (χ0n) is 18.9. The van der Waals surface area contributed by atoms with Crippen LogP contribution in [0.25, 0.3) is 28.1 Å². The molecular weight excluding hydrogens is 472 g/mol. The van der Waals surface area contributed by atoms with Gasteiger partial charge in [0.05, 0.1) is 22.6 Å². The summed E-state index contributed by atoms with van der Waals surface area (Å²) < 4.78 is 1.72. The molecule has 8 heteroatoms. The summed E-state index contributed by atoms with van der Waals surface area (Å²) in [5.74, 6) is -0.198. The Balaban J connectivity index is 1.69. The van der Waals surface area contributed by atoms with Gasteiger partial charge in [-0.2, -0.15) is 15.5 Å². The summed E-state index contributed by atoms with van der Waals surface area (Å²) in [4.78, 5) is 0. The van der Waals surface area contributed by atoms with Crippen molar-refractivity contribution in [2.75, 3.05) is 5.73 Å². The fourth-order valence-electron chi connectivity index (χ4n) is 3.82. The number of hydrogen-bond donors (Lipinski definition) is 2. The lowest BCUT2D eigenvalue weighted by atomic mass is 9.95. The summed E-state index contributed by atoms with van der Waals surface area (Å²) in [5, 5.41) is 34.6. The Hall–Kier alpha value is -4.93. The van der Waals surface area contributed by atoms with E-state index in [-0.39, 0.29) is 22.7 Å². The molecule has 0 radical (unpaired) electrons. The van der Waals surface area contributed by atoms with E-state index in [0.717, 1.165) is 11.3 Å². The second-order valence-corrected chi connectivity index (χ2v) is 8.34. The number of aromatic hydroxyl groups is 1. The van der Waals surface area contributed by atoms with E-state index in [2.05, 4.69) is 16.3 Å². The lowest BCUT2D eigenvalue weighted by Crippen LogP contribution is -1.95. The fraction of sp³-hybridized carbons (Fsp3) is 0. The van der Waals surface area contributed by atoms with E-state index in [1.165, 1.54) is 6.07 Å². The summed E-state index contributed by atoms with van der Waals surface area (Å²) in [6, 6.07) is 29.5. The van der Waals surface area contributed by atoms with Gasteiger partial charge in [-0.25, -0.2) is 4.68 Å². The van der Waals surface area contributed by atoms with E-state index < -0.39 is 0 Å². The van der Waals surface area contributed by atoms with E-state index in [4.69, 9.17) is 22.4 Å². The molecule has 4 aromatic carbocycles. The van der Waals surface area contributed by atoms with Gasteiger partial charge in [-0.05, 0) is 42.5 Å². The molecule has 3 N–H and O–H groups in total. The Morgan fingerprint density at radius 1 is 0.889 bits per heavy atom. The van der Waals surface area contributed by atoms with Gasteiger partial charge in [-0.3, -0.25) is 0 Å². The number of benzene rings is 4. The third-order valence-electron chi connectivity index (χ3n) is 5.59. The normalized spacial score (nSPS) is 11.0. The Morgan fingerprint density at radius 3 is 2.22 bits per heavy atom. The number of aromatic nitrogens is 2. The first-order valence-corrected chi connectivity index (χ1v) is 11.4. The van der Waals surface area contributed by atoms with Gasteiger partial charge in [0.2, 0.25) is 0 Å². The SMILES string of the molecule is N#Cc1c(-c2cn(-c3ccccc3)nc2-c2ccc(Cl)cc2)cc(O)c(N=Nc2ccccc2)c1N. The van der Waals surface area contributed by atoms with Gasteiger partial charge < -0.3 is 10.8 Å². The van der Waals surface area contributed by atoms with E-state index in [1.54, 1.807) is 35.1 Å². The molecule has 0 aliphatic heterocycles. The quantitative estimate of drug-likeness (QED) is 0.197. The summed E-state index contributed by atoms with van der Waals surface area (Å²) in [6.07, 6.45) is 1.81. The number of phenols is 1. The topological polar surface area (TPSA) is 113 Å². The number of anilines is 1. The van der Waals surface area contributed by atoms with Crippen molar-refractivity contribution in [3.8, 4) is 39.9 Å². The molecule has 1 heterocycles. The van der Waals surface area contributed by atoms with Crippen molar-refractivity contribution in [3.63, 3.8) is 0 Å². The zero-order chi connectivity index (χ0) is 25.1. The highest BCUT2D eigenvalue weighted by atomic mass is 35.5. The molecule has 7 nitrogen and oxygen atoms in total. The molecule has 0 bridgehead atoms. The smallest absolute Gasteiger partial charge is 0.152 e. The molecule has 5 aromatic rings. The van der Waals surface area contributed by atoms with Crippen LogP contribution in [0.2, 0.25) is 5.02 Å². The minimum absolute atomic E-state index is 0.0294. The average molecular weight is 491 g/mol. The van der Waals surface area contributed by atoms with Crippen LogP contribution in [0.15, 0.2) is 107 Å². The molecule has 0 aliphatic carbocycles. The molecule has 0 atom stereocenters. The summed E-state index contributed by atoms with van der Waals surface area (Å²) >= 11 is 6.10. The molecule has 0 fully saturated rings. The highest BCUT2D eigenvalue weighted by Gasteiger charge is 2.22. The van der Waals surface area contributed by atoms with Crippen molar-refractivity contribution in [1.82, 2.24) is 9.78 Å². The van der Waals surface area contributed by atoms with Crippen LogP contribution in [-0.2, 0) is 0 Å². The van der Waals surface area contributed by atoms with Crippen LogP contribution in [0.4, 0.5) is 17.1 Å². The van der Waals surface area contributed by atoms with Crippen LogP contribution < -0.4 is 5.73 Å². The Kier molecular flexibility index (Phi) is 6.18. The molecule has 0 amide bonds. The predicted octanol–water partition coefficient (Wildman–Crippen LogP) is 7.43. The monoisotopic (exact) mass is 490 g/mol. The fourth-order valence-corrected chi connectivity index (χ4v) is 3.95. The van der Waals surface area contributed by atoms with Crippen LogP contribution in [0.5, 0.6) is 5.75 Å². The number of phenolic OH excluding ortho intramolecular Hbond substituents is 1. The molecule has 5 rings (SSSR count). The van der Waals surface area contributed by atoms with Gasteiger partial charge >= 0.3 is 0 Å². The second kappa shape index (κ2) is 9.74. The molecule has 1 aromatic heterocycles. The first kappa shape index (κ1) is 22.8. The lowest BCUT2D eigenvalue weighted by molar-refractivity contribution is 0.477. The Morgan fingerprint density at radius 2 is 1.56 bits per heavy atom. The number of nitrogens with zero attached hydrogens (tertiary/aromatic N) is 5. The van der Waals surface area contributed by atoms with E-state index in [9.17, 15) is 10.4 Å². The van der Waals surface area contributed by atoms with Gasteiger partial charge in [0.25, 0.3) is 0 Å². The second-order valence-electron chi connectivity index (χ2n) is 7.91. The number of hydrogen-bond acceptors (Lipinski definition) is 6. The van der Waals surface area contributed by atoms with Crippen molar-refractivity contribution in [2.24, 2.45) is 10.2 Å². The minimum Gasteiger partial charge on any atom is -0.506 e. The number of azo groups is 1. The molecule has 0 aliphatic rings. The van der Waals surface area contributed by atoms with Crippen molar-refractivity contribution < 1.29 is 5.11 Å². The summed E-state index contributed by atoms with van der Waals surface area (Å²) in [5.41, 5.74) is 10.4. The van der Waals surface area contributed by atoms with Gasteiger partial charge in [0.15, 0.2) is 5.69 Å². The largest absolute Gasteiger partial charge is 0.506 e. The maximum atomic E-state index is 10.9. The van der Waals surface area contributed by atoms with E-state index >= 15 is 0 Å². The third kappa shape index (κ3) is 4.41. The number of rotatable bonds is 5. The van der Waals surface area contributed by atoms with Crippen molar-refractivity contribution in [1.29, 1.82) is 5.26 Å². The van der Waals surface area contributed by atoms with Crippen molar-refractivity contribution in [3.05, 3.63) is 108 Å². The predicted molar refractivity (Wildman–Crippen MR) is 141 cm³/mol. The number of nitriles is 1. The van der Waals surface area contributed by atoms with Gasteiger partial charge in [0.1, 0.15) is 17.5 Å². The van der Waals surface area contributed by atoms with Crippen molar-refractivity contribution in [2.45, 2.75) is 0 Å². The molecular formula is C28H19ClN6O. The van der Waals surface area contributed by atoms with Crippen LogP contribution in [-0.4, -0.2) is 14.9 Å². The maximum absolute atomic E-state index is 10.9. The Labute approximate surface area is 212 Å². The van der Waals surface area contributed by atoms with Crippen LogP contribution in [0.3, 0.4) is 0 Å². The lowest BCUT2D eigenvalue weighted by Gasteiger charge is -2.11. The number of para-hydroxylation sites is 1. The highest BCUT2D eigenvalue weighted by Crippen LogP contribution is 2.44.